The lowest BCUT2D eigenvalue weighted by Crippen LogP contribution is -2.41. The first kappa shape index (κ1) is 17.8. The number of furan rings is 1. The van der Waals surface area contributed by atoms with Gasteiger partial charge >= 0.3 is 5.91 Å². The van der Waals surface area contributed by atoms with Gasteiger partial charge in [-0.05, 0) is 31.2 Å². The van der Waals surface area contributed by atoms with Gasteiger partial charge in [0.05, 0.1) is 4.90 Å². The molecule has 0 aliphatic carbocycles. The number of rotatable bonds is 4. The summed E-state index contributed by atoms with van der Waals surface area (Å²) in [4.78, 5) is 14.1. The highest BCUT2D eigenvalue weighted by atomic mass is 35.5. The molecular formula is C16H12Cl2N2O4S. The van der Waals surface area contributed by atoms with Crippen molar-refractivity contribution in [1.82, 2.24) is 10.3 Å². The first-order chi connectivity index (χ1) is 11.8. The average Bonchev–Trinajstić information content (AvgIpc) is 2.89. The quantitative estimate of drug-likeness (QED) is 0.656. The van der Waals surface area contributed by atoms with E-state index in [1.54, 1.807) is 19.1 Å². The fourth-order valence-corrected chi connectivity index (χ4v) is 3.87. The third kappa shape index (κ3) is 3.64. The zero-order valence-corrected chi connectivity index (χ0v) is 15.2. The van der Waals surface area contributed by atoms with Gasteiger partial charge in [-0.3, -0.25) is 10.2 Å². The highest BCUT2D eigenvalue weighted by Crippen LogP contribution is 2.25. The van der Waals surface area contributed by atoms with Crippen LogP contribution in [0.4, 0.5) is 0 Å². The van der Waals surface area contributed by atoms with Crippen molar-refractivity contribution < 1.29 is 17.6 Å². The van der Waals surface area contributed by atoms with Crippen molar-refractivity contribution in [2.75, 3.05) is 0 Å². The van der Waals surface area contributed by atoms with Gasteiger partial charge in [-0.15, -0.1) is 4.83 Å². The summed E-state index contributed by atoms with van der Waals surface area (Å²) in [6.45, 7) is 1.71. The van der Waals surface area contributed by atoms with Crippen molar-refractivity contribution >= 4 is 50.1 Å². The summed E-state index contributed by atoms with van der Waals surface area (Å²) >= 11 is 11.6. The minimum atomic E-state index is -4.04. The molecule has 25 heavy (non-hydrogen) atoms. The number of carbonyl (C=O) groups excluding carboxylic acids is 1. The maximum absolute atomic E-state index is 12.3. The predicted octanol–water partition coefficient (Wildman–Crippen LogP) is 3.67. The van der Waals surface area contributed by atoms with Crippen LogP contribution in [-0.4, -0.2) is 14.3 Å². The standard InChI is InChI=1S/C16H12Cl2N2O4S/c1-9-13-4-2-3-5-14(13)24-15(9)16(21)19-20-25(22,23)12-7-10(17)6-11(18)8-12/h2-8,20H,1H3,(H,19,21). The second kappa shape index (κ2) is 6.68. The summed E-state index contributed by atoms with van der Waals surface area (Å²) in [5.74, 6) is -0.696. The van der Waals surface area contributed by atoms with Crippen molar-refractivity contribution in [3.05, 3.63) is 63.8 Å². The van der Waals surface area contributed by atoms with Crippen molar-refractivity contribution in [2.45, 2.75) is 11.8 Å². The lowest BCUT2D eigenvalue weighted by atomic mass is 10.1. The van der Waals surface area contributed by atoms with E-state index in [0.717, 1.165) is 5.39 Å². The number of hydrogen-bond donors (Lipinski definition) is 2. The van der Waals surface area contributed by atoms with Gasteiger partial charge in [0.2, 0.25) is 0 Å². The molecule has 1 heterocycles. The first-order valence-corrected chi connectivity index (χ1v) is 9.28. The zero-order chi connectivity index (χ0) is 18.2. The van der Waals surface area contributed by atoms with Crippen LogP contribution in [0.3, 0.4) is 0 Å². The largest absolute Gasteiger partial charge is 0.451 e. The predicted molar refractivity (Wildman–Crippen MR) is 95.2 cm³/mol. The van der Waals surface area contributed by atoms with Gasteiger partial charge in [0.25, 0.3) is 10.0 Å². The summed E-state index contributed by atoms with van der Waals surface area (Å²) in [6, 6.07) is 11.0. The molecule has 1 aromatic heterocycles. The summed E-state index contributed by atoms with van der Waals surface area (Å²) in [7, 11) is -4.04. The van der Waals surface area contributed by atoms with E-state index in [0.29, 0.717) is 11.1 Å². The van der Waals surface area contributed by atoms with Crippen molar-refractivity contribution in [3.8, 4) is 0 Å². The molecule has 2 N–H and O–H groups in total. The fraction of sp³-hybridized carbons (Fsp3) is 0.0625. The number of halogens is 2. The number of amides is 1. The van der Waals surface area contributed by atoms with Crippen LogP contribution in [0, 0.1) is 6.92 Å². The van der Waals surface area contributed by atoms with Gasteiger partial charge in [0.1, 0.15) is 5.58 Å². The van der Waals surface area contributed by atoms with Crippen molar-refractivity contribution in [1.29, 1.82) is 0 Å². The number of para-hydroxylation sites is 1. The van der Waals surface area contributed by atoms with Crippen molar-refractivity contribution in [3.63, 3.8) is 0 Å². The molecule has 0 bridgehead atoms. The number of sulfonamides is 1. The maximum Gasteiger partial charge on any atom is 0.302 e. The number of fused-ring (bicyclic) bond motifs is 1. The number of benzene rings is 2. The molecule has 0 saturated carbocycles. The molecular weight excluding hydrogens is 387 g/mol. The number of hydrazine groups is 1. The number of carbonyl (C=O) groups is 1. The smallest absolute Gasteiger partial charge is 0.302 e. The summed E-state index contributed by atoms with van der Waals surface area (Å²) in [5, 5.41) is 1.09. The van der Waals surface area contributed by atoms with Gasteiger partial charge in [-0.2, -0.15) is 0 Å². The molecule has 2 aromatic carbocycles. The van der Waals surface area contributed by atoms with Crippen molar-refractivity contribution in [2.24, 2.45) is 0 Å². The molecule has 0 saturated heterocycles. The molecule has 0 unspecified atom stereocenters. The highest BCUT2D eigenvalue weighted by Gasteiger charge is 2.21. The topological polar surface area (TPSA) is 88.4 Å². The van der Waals surface area contributed by atoms with Gasteiger partial charge in [0.15, 0.2) is 5.76 Å². The number of nitrogens with one attached hydrogen (secondary N) is 2. The zero-order valence-electron chi connectivity index (χ0n) is 12.8. The third-order valence-corrected chi connectivity index (χ3v) is 5.16. The van der Waals surface area contributed by atoms with Crippen LogP contribution in [0.15, 0.2) is 51.8 Å². The molecule has 130 valence electrons. The molecule has 0 radical (unpaired) electrons. The first-order valence-electron chi connectivity index (χ1n) is 7.04. The Morgan fingerprint density at radius 3 is 2.36 bits per heavy atom. The van der Waals surface area contributed by atoms with Gasteiger partial charge in [-0.25, -0.2) is 8.42 Å². The van der Waals surface area contributed by atoms with Crippen LogP contribution < -0.4 is 10.3 Å². The molecule has 0 fully saturated rings. The van der Waals surface area contributed by atoms with E-state index in [9.17, 15) is 13.2 Å². The Bertz CT molecular complexity index is 1060. The van der Waals surface area contributed by atoms with E-state index in [1.807, 2.05) is 17.0 Å². The van der Waals surface area contributed by atoms with E-state index in [-0.39, 0.29) is 20.7 Å². The normalized spacial score (nSPS) is 11.6. The Hall–Kier alpha value is -2.06. The molecule has 3 rings (SSSR count). The van der Waals surface area contributed by atoms with Crippen LogP contribution in [0.5, 0.6) is 0 Å². The van der Waals surface area contributed by atoms with E-state index < -0.39 is 15.9 Å². The maximum atomic E-state index is 12.3. The van der Waals surface area contributed by atoms with E-state index in [4.69, 9.17) is 27.6 Å². The van der Waals surface area contributed by atoms with Crippen LogP contribution in [0.2, 0.25) is 10.0 Å². The Labute approximate surface area is 153 Å². The number of aryl methyl sites for hydroxylation is 1. The van der Waals surface area contributed by atoms with Gasteiger partial charge < -0.3 is 4.42 Å². The van der Waals surface area contributed by atoms with Crippen LogP contribution in [-0.2, 0) is 10.0 Å². The van der Waals surface area contributed by atoms with Gasteiger partial charge in [0, 0.05) is 21.0 Å². The second-order valence-corrected chi connectivity index (χ2v) is 7.77. The highest BCUT2D eigenvalue weighted by molar-refractivity contribution is 7.89. The Kier molecular flexibility index (Phi) is 4.75. The molecule has 1 amide bonds. The molecule has 6 nitrogen and oxygen atoms in total. The minimum Gasteiger partial charge on any atom is -0.451 e. The Morgan fingerprint density at radius 2 is 1.72 bits per heavy atom. The van der Waals surface area contributed by atoms with E-state index in [1.165, 1.54) is 18.2 Å². The minimum absolute atomic E-state index is 0.0213. The summed E-state index contributed by atoms with van der Waals surface area (Å²) in [5.41, 5.74) is 3.27. The molecule has 0 aliphatic heterocycles. The molecule has 0 aliphatic rings. The van der Waals surface area contributed by atoms with Crippen LogP contribution in [0.1, 0.15) is 16.1 Å². The van der Waals surface area contributed by atoms with E-state index >= 15 is 0 Å². The molecule has 0 atom stereocenters. The molecule has 0 spiro atoms. The monoisotopic (exact) mass is 398 g/mol. The third-order valence-electron chi connectivity index (χ3n) is 3.50. The van der Waals surface area contributed by atoms with Crippen LogP contribution >= 0.6 is 23.2 Å². The average molecular weight is 399 g/mol. The summed E-state index contributed by atoms with van der Waals surface area (Å²) < 4.78 is 30.0. The fourth-order valence-electron chi connectivity index (χ4n) is 2.30. The lowest BCUT2D eigenvalue weighted by molar-refractivity contribution is 0.0918. The number of hydrogen-bond acceptors (Lipinski definition) is 4. The lowest BCUT2D eigenvalue weighted by Gasteiger charge is -2.08. The molecule has 3 aromatic rings. The SMILES string of the molecule is Cc1c(C(=O)NNS(=O)(=O)c2cc(Cl)cc(Cl)c2)oc2ccccc12. The summed E-state index contributed by atoms with van der Waals surface area (Å²) in [6.07, 6.45) is 0. The van der Waals surface area contributed by atoms with E-state index in [2.05, 4.69) is 5.43 Å². The van der Waals surface area contributed by atoms with Gasteiger partial charge in [-0.1, -0.05) is 41.4 Å². The second-order valence-electron chi connectivity index (χ2n) is 5.22. The Balaban J connectivity index is 1.82. The van der Waals surface area contributed by atoms with Crippen LogP contribution in [0.25, 0.3) is 11.0 Å². The Morgan fingerprint density at radius 1 is 1.08 bits per heavy atom. The molecule has 9 heteroatoms.